The van der Waals surface area contributed by atoms with Crippen LogP contribution < -0.4 is 5.32 Å². The molecule has 0 saturated carbocycles. The number of anilines is 1. The summed E-state index contributed by atoms with van der Waals surface area (Å²) in [4.78, 5) is 11.8. The molecule has 1 amide bonds. The number of fused-ring (bicyclic) bond motifs is 1. The first-order valence-corrected chi connectivity index (χ1v) is 5.43. The molecule has 0 aromatic heterocycles. The topological polar surface area (TPSA) is 29.1 Å². The van der Waals surface area contributed by atoms with Gasteiger partial charge >= 0.3 is 0 Å². The van der Waals surface area contributed by atoms with E-state index in [2.05, 4.69) is 45.1 Å². The van der Waals surface area contributed by atoms with E-state index in [4.69, 9.17) is 0 Å². The van der Waals surface area contributed by atoms with Crippen LogP contribution in [-0.2, 0) is 4.79 Å². The highest BCUT2D eigenvalue weighted by atomic mass is 16.2. The van der Waals surface area contributed by atoms with Crippen molar-refractivity contribution in [1.82, 2.24) is 0 Å². The molecule has 1 aliphatic rings. The molecule has 0 fully saturated rings. The highest BCUT2D eigenvalue weighted by Gasteiger charge is 2.33. The van der Waals surface area contributed by atoms with Gasteiger partial charge in [-0.2, -0.15) is 0 Å². The molecule has 1 heterocycles. The number of aryl methyl sites for hydroxylation is 1. The lowest BCUT2D eigenvalue weighted by Gasteiger charge is -2.13. The first-order valence-electron chi connectivity index (χ1n) is 5.43. The summed E-state index contributed by atoms with van der Waals surface area (Å²) < 4.78 is 0. The Balaban J connectivity index is 2.57. The third-order valence-corrected chi connectivity index (χ3v) is 3.30. The molecule has 0 bridgehead atoms. The number of amides is 1. The van der Waals surface area contributed by atoms with E-state index < -0.39 is 0 Å². The summed E-state index contributed by atoms with van der Waals surface area (Å²) in [6.45, 7) is 8.32. The van der Waals surface area contributed by atoms with Crippen LogP contribution in [0.4, 0.5) is 5.69 Å². The highest BCUT2D eigenvalue weighted by Crippen LogP contribution is 2.39. The monoisotopic (exact) mass is 203 g/mol. The van der Waals surface area contributed by atoms with Crippen molar-refractivity contribution in [3.8, 4) is 0 Å². The second-order valence-corrected chi connectivity index (χ2v) is 4.68. The van der Waals surface area contributed by atoms with E-state index in [0.717, 1.165) is 11.3 Å². The van der Waals surface area contributed by atoms with Crippen LogP contribution in [0.25, 0.3) is 0 Å². The quantitative estimate of drug-likeness (QED) is 0.747. The largest absolute Gasteiger partial charge is 0.325 e. The predicted octanol–water partition coefficient (Wildman–Crippen LogP) is 3.00. The van der Waals surface area contributed by atoms with Gasteiger partial charge in [0.25, 0.3) is 0 Å². The van der Waals surface area contributed by atoms with Crippen LogP contribution in [-0.4, -0.2) is 5.91 Å². The Hall–Kier alpha value is -1.31. The Morgan fingerprint density at radius 1 is 1.27 bits per heavy atom. The molecule has 0 aliphatic carbocycles. The van der Waals surface area contributed by atoms with Gasteiger partial charge in [0.05, 0.1) is 5.92 Å². The molecule has 1 N–H and O–H groups in total. The summed E-state index contributed by atoms with van der Waals surface area (Å²) in [6.07, 6.45) is 0. The normalized spacial score (nSPS) is 19.3. The van der Waals surface area contributed by atoms with E-state index >= 15 is 0 Å². The second-order valence-electron chi connectivity index (χ2n) is 4.68. The van der Waals surface area contributed by atoms with Gasteiger partial charge in [0.1, 0.15) is 0 Å². The summed E-state index contributed by atoms with van der Waals surface area (Å²) in [7, 11) is 0. The molecule has 0 spiro atoms. The molecular weight excluding hydrogens is 186 g/mol. The van der Waals surface area contributed by atoms with E-state index in [1.54, 1.807) is 0 Å². The molecule has 15 heavy (non-hydrogen) atoms. The van der Waals surface area contributed by atoms with Crippen molar-refractivity contribution in [1.29, 1.82) is 0 Å². The van der Waals surface area contributed by atoms with Crippen molar-refractivity contribution in [2.75, 3.05) is 5.32 Å². The second kappa shape index (κ2) is 3.37. The lowest BCUT2D eigenvalue weighted by molar-refractivity contribution is -0.117. The van der Waals surface area contributed by atoms with Gasteiger partial charge < -0.3 is 5.32 Å². The Morgan fingerprint density at radius 2 is 1.93 bits per heavy atom. The maximum atomic E-state index is 11.8. The molecule has 1 aliphatic heterocycles. The van der Waals surface area contributed by atoms with Crippen LogP contribution in [0.15, 0.2) is 12.1 Å². The van der Waals surface area contributed by atoms with Gasteiger partial charge in [0.15, 0.2) is 0 Å². The van der Waals surface area contributed by atoms with Crippen LogP contribution in [0.3, 0.4) is 0 Å². The molecule has 0 radical (unpaired) electrons. The van der Waals surface area contributed by atoms with Crippen LogP contribution >= 0.6 is 0 Å². The Labute approximate surface area is 90.7 Å². The number of nitrogens with one attached hydrogen (secondary N) is 1. The third-order valence-electron chi connectivity index (χ3n) is 3.30. The van der Waals surface area contributed by atoms with Gasteiger partial charge in [-0.3, -0.25) is 4.79 Å². The number of benzene rings is 1. The fraction of sp³-hybridized carbons (Fsp3) is 0.462. The van der Waals surface area contributed by atoms with Gasteiger partial charge in [0.2, 0.25) is 5.91 Å². The first kappa shape index (κ1) is 10.2. The molecule has 1 unspecified atom stereocenters. The maximum Gasteiger partial charge on any atom is 0.232 e. The number of hydrogen-bond acceptors (Lipinski definition) is 1. The smallest absolute Gasteiger partial charge is 0.232 e. The van der Waals surface area contributed by atoms with Crippen LogP contribution in [0, 0.1) is 19.8 Å². The zero-order valence-electron chi connectivity index (χ0n) is 9.72. The Bertz CT molecular complexity index is 421. The summed E-state index contributed by atoms with van der Waals surface area (Å²) >= 11 is 0. The van der Waals surface area contributed by atoms with E-state index in [-0.39, 0.29) is 11.8 Å². The van der Waals surface area contributed by atoms with Gasteiger partial charge in [-0.25, -0.2) is 0 Å². The standard InChI is InChI=1S/C13H17NO/c1-7(2)11-10-6-5-8(3)9(4)12(10)14-13(11)15/h5-7,11H,1-4H3,(H,14,15). The number of carbonyl (C=O) groups excluding carboxylic acids is 1. The Morgan fingerprint density at radius 3 is 2.53 bits per heavy atom. The molecular formula is C13H17NO. The average molecular weight is 203 g/mol. The molecule has 1 aromatic rings. The summed E-state index contributed by atoms with van der Waals surface area (Å²) in [5.41, 5.74) is 4.64. The van der Waals surface area contributed by atoms with Crippen molar-refractivity contribution < 1.29 is 4.79 Å². The molecule has 2 rings (SSSR count). The third kappa shape index (κ3) is 1.44. The van der Waals surface area contributed by atoms with Gasteiger partial charge in [-0.15, -0.1) is 0 Å². The van der Waals surface area contributed by atoms with Gasteiger partial charge in [-0.1, -0.05) is 26.0 Å². The SMILES string of the molecule is Cc1ccc2c(c1C)NC(=O)C2C(C)C. The molecule has 0 saturated heterocycles. The fourth-order valence-electron chi connectivity index (χ4n) is 2.27. The summed E-state index contributed by atoms with van der Waals surface area (Å²) in [5.74, 6) is 0.529. The minimum Gasteiger partial charge on any atom is -0.325 e. The molecule has 2 heteroatoms. The van der Waals surface area contributed by atoms with Gasteiger partial charge in [-0.05, 0) is 36.5 Å². The van der Waals surface area contributed by atoms with Crippen LogP contribution in [0.5, 0.6) is 0 Å². The minimum absolute atomic E-state index is 0.0271. The van der Waals surface area contributed by atoms with E-state index in [1.165, 1.54) is 11.1 Å². The lowest BCUT2D eigenvalue weighted by atomic mass is 9.88. The van der Waals surface area contributed by atoms with Crippen molar-refractivity contribution in [3.05, 3.63) is 28.8 Å². The molecule has 1 atom stereocenters. The van der Waals surface area contributed by atoms with Crippen LogP contribution in [0.1, 0.15) is 36.5 Å². The zero-order valence-corrected chi connectivity index (χ0v) is 9.72. The molecule has 80 valence electrons. The number of hydrogen-bond donors (Lipinski definition) is 1. The average Bonchev–Trinajstić information content (AvgIpc) is 2.49. The summed E-state index contributed by atoms with van der Waals surface area (Å²) in [6, 6.07) is 4.18. The lowest BCUT2D eigenvalue weighted by Crippen LogP contribution is -2.16. The first-order chi connectivity index (χ1) is 7.02. The van der Waals surface area contributed by atoms with E-state index in [1.807, 2.05) is 0 Å². The van der Waals surface area contributed by atoms with E-state index in [0.29, 0.717) is 5.92 Å². The minimum atomic E-state index is 0.0271. The molecule has 2 nitrogen and oxygen atoms in total. The van der Waals surface area contributed by atoms with Crippen molar-refractivity contribution in [3.63, 3.8) is 0 Å². The van der Waals surface area contributed by atoms with Crippen LogP contribution in [0.2, 0.25) is 0 Å². The Kier molecular flexibility index (Phi) is 2.29. The van der Waals surface area contributed by atoms with Gasteiger partial charge in [0, 0.05) is 5.69 Å². The zero-order chi connectivity index (χ0) is 11.2. The maximum absolute atomic E-state index is 11.8. The fourth-order valence-corrected chi connectivity index (χ4v) is 2.27. The van der Waals surface area contributed by atoms with E-state index in [9.17, 15) is 4.79 Å². The molecule has 1 aromatic carbocycles. The highest BCUT2D eigenvalue weighted by molar-refractivity contribution is 6.04. The van der Waals surface area contributed by atoms with Crippen molar-refractivity contribution in [2.45, 2.75) is 33.6 Å². The summed E-state index contributed by atoms with van der Waals surface area (Å²) in [5, 5.41) is 3.00. The van der Waals surface area contributed by atoms with Crippen molar-refractivity contribution in [2.24, 2.45) is 5.92 Å². The number of carbonyl (C=O) groups is 1. The van der Waals surface area contributed by atoms with Crippen molar-refractivity contribution >= 4 is 11.6 Å². The number of rotatable bonds is 1. The predicted molar refractivity (Wildman–Crippen MR) is 62.1 cm³/mol.